The van der Waals surface area contributed by atoms with Crippen molar-refractivity contribution in [2.75, 3.05) is 125 Å². The van der Waals surface area contributed by atoms with Crippen molar-refractivity contribution >= 4 is 52.2 Å². The highest BCUT2D eigenvalue weighted by Crippen LogP contribution is 2.40. The zero-order chi connectivity index (χ0) is 51.2. The number of halogens is 3. The van der Waals surface area contributed by atoms with Crippen molar-refractivity contribution in [2.45, 2.75) is 69.7 Å². The Labute approximate surface area is 440 Å². The Morgan fingerprint density at radius 3 is 1.79 bits per heavy atom. The largest absolute Gasteiger partial charge is 0.383 e. The fourth-order valence-electron chi connectivity index (χ4n) is 9.16. The topological polar surface area (TPSA) is 161 Å². The molecular weight excluding hydrogens is 983 g/mol. The van der Waals surface area contributed by atoms with Crippen molar-refractivity contribution in [3.8, 4) is 0 Å². The molecule has 0 bridgehead atoms. The lowest BCUT2D eigenvalue weighted by atomic mass is 9.83. The van der Waals surface area contributed by atoms with E-state index < -0.39 is 23.9 Å². The summed E-state index contributed by atoms with van der Waals surface area (Å²) < 4.78 is 33.7. The Balaban J connectivity index is 0.700. The van der Waals surface area contributed by atoms with Gasteiger partial charge in [0.15, 0.2) is 11.9 Å². The summed E-state index contributed by atoms with van der Waals surface area (Å²) in [5.41, 5.74) is 10.8. The highest BCUT2D eigenvalue weighted by atomic mass is 35.5. The number of hydrogen-bond acceptors (Lipinski definition) is 13. The molecule has 6 rings (SSSR count). The number of hydrogen-bond donors (Lipinski definition) is 4. The molecule has 4 aromatic carbocycles. The Morgan fingerprint density at radius 2 is 1.15 bits per heavy atom. The van der Waals surface area contributed by atoms with Crippen LogP contribution >= 0.6 is 34.8 Å². The lowest BCUT2D eigenvalue weighted by Crippen LogP contribution is -2.46. The van der Waals surface area contributed by atoms with Crippen LogP contribution in [0.25, 0.3) is 0 Å². The van der Waals surface area contributed by atoms with Crippen molar-refractivity contribution in [3.05, 3.63) is 132 Å². The van der Waals surface area contributed by atoms with Crippen molar-refractivity contribution in [3.63, 3.8) is 0 Å². The van der Waals surface area contributed by atoms with Gasteiger partial charge in [0.25, 0.3) is 5.91 Å². The van der Waals surface area contributed by atoms with Crippen molar-refractivity contribution in [1.29, 1.82) is 0 Å². The first-order valence-electron chi connectivity index (χ1n) is 25.1. The van der Waals surface area contributed by atoms with E-state index in [1.165, 1.54) is 38.9 Å². The summed E-state index contributed by atoms with van der Waals surface area (Å²) in [6, 6.07) is 25.4. The zero-order valence-corrected chi connectivity index (χ0v) is 44.3. The number of aryl methyl sites for hydroxylation is 2. The Hall–Kier alpha value is -3.71. The molecule has 1 amide bonds. The molecule has 0 spiro atoms. The van der Waals surface area contributed by atoms with E-state index in [1.54, 1.807) is 0 Å². The molecule has 4 atom stereocenters. The number of aliphatic hydroxyl groups excluding tert-OH is 2. The molecule has 4 N–H and O–H groups in total. The number of aliphatic hydroxyl groups is 2. The van der Waals surface area contributed by atoms with E-state index in [9.17, 15) is 19.8 Å². The number of nitrogens with zero attached hydrogens (tertiary/aromatic N) is 2. The normalized spacial score (nSPS) is 16.8. The van der Waals surface area contributed by atoms with Crippen molar-refractivity contribution in [2.24, 2.45) is 0 Å². The third-order valence-corrected chi connectivity index (χ3v) is 13.7. The minimum absolute atomic E-state index is 0.0491. The maximum Gasteiger partial charge on any atom is 0.252 e. The minimum atomic E-state index is -1.89. The zero-order valence-electron chi connectivity index (χ0n) is 42.0. The van der Waals surface area contributed by atoms with Gasteiger partial charge in [-0.1, -0.05) is 77.3 Å². The standard InChI is InChI=1S/C55H73Cl3N4O10/c1-38-28-44-46(34-61(2)36-48(44)50(57)29-38)40-10-4-8-39(30-40)9-6-16-67-20-24-71-25-21-68-17-7-13-52(63)53(64)54(65)55(66)60-15-19-70-23-27-72-26-22-69-18-14-59-43-12-5-11-41(31-43)47-35-62(3)37-49-45(47)32-42(56)33-51(49)58/h4-5,8,10-12,28-33,46-47,53-54,59,64-65H,6-7,9,13-27,34-37H2,1-3H3,(H,60,66). The van der Waals surface area contributed by atoms with Crippen molar-refractivity contribution in [1.82, 2.24) is 15.1 Å². The molecule has 4 aromatic rings. The quantitative estimate of drug-likeness (QED) is 0.0358. The van der Waals surface area contributed by atoms with Gasteiger partial charge in [0.05, 0.1) is 66.1 Å². The number of carbonyl (C=O) groups is 2. The predicted molar refractivity (Wildman–Crippen MR) is 283 cm³/mol. The second-order valence-corrected chi connectivity index (χ2v) is 19.8. The van der Waals surface area contributed by atoms with E-state index in [0.29, 0.717) is 89.1 Å². The van der Waals surface area contributed by atoms with Crippen LogP contribution < -0.4 is 10.6 Å². The van der Waals surface area contributed by atoms with Crippen LogP contribution in [0.15, 0.2) is 72.8 Å². The second-order valence-electron chi connectivity index (χ2n) is 18.6. The molecule has 0 aromatic heterocycles. The highest BCUT2D eigenvalue weighted by Gasteiger charge is 2.30. The van der Waals surface area contributed by atoms with Gasteiger partial charge < -0.3 is 59.1 Å². The average Bonchev–Trinajstić information content (AvgIpc) is 3.36. The molecule has 17 heteroatoms. The van der Waals surface area contributed by atoms with E-state index in [1.807, 2.05) is 24.3 Å². The van der Waals surface area contributed by atoms with Gasteiger partial charge in [0.2, 0.25) is 0 Å². The van der Waals surface area contributed by atoms with Crippen LogP contribution in [0.1, 0.15) is 75.6 Å². The van der Waals surface area contributed by atoms with Gasteiger partial charge in [-0.3, -0.25) is 9.59 Å². The molecule has 14 nitrogen and oxygen atoms in total. The molecule has 2 aliphatic heterocycles. The molecule has 0 saturated heterocycles. The maximum absolute atomic E-state index is 12.4. The molecule has 2 heterocycles. The van der Waals surface area contributed by atoms with E-state index in [4.69, 9.17) is 63.2 Å². The minimum Gasteiger partial charge on any atom is -0.383 e. The fourth-order valence-corrected chi connectivity index (χ4v) is 10.1. The van der Waals surface area contributed by atoms with E-state index in [2.05, 4.69) is 90.0 Å². The first kappa shape index (κ1) is 57.6. The predicted octanol–water partition coefficient (Wildman–Crippen LogP) is 7.44. The summed E-state index contributed by atoms with van der Waals surface area (Å²) >= 11 is 19.6. The third kappa shape index (κ3) is 18.3. The van der Waals surface area contributed by atoms with Gasteiger partial charge in [-0.15, -0.1) is 0 Å². The molecule has 2 aliphatic rings. The van der Waals surface area contributed by atoms with E-state index in [0.717, 1.165) is 55.3 Å². The smallest absolute Gasteiger partial charge is 0.252 e. The first-order valence-corrected chi connectivity index (χ1v) is 26.2. The van der Waals surface area contributed by atoms with Crippen LogP contribution in [0.3, 0.4) is 0 Å². The molecule has 0 fully saturated rings. The Morgan fingerprint density at radius 1 is 0.625 bits per heavy atom. The molecule has 72 heavy (non-hydrogen) atoms. The van der Waals surface area contributed by atoms with Crippen LogP contribution in [0.5, 0.6) is 0 Å². The number of anilines is 1. The van der Waals surface area contributed by atoms with Gasteiger partial charge in [-0.05, 0) is 115 Å². The third-order valence-electron chi connectivity index (χ3n) is 12.8. The summed E-state index contributed by atoms with van der Waals surface area (Å²) in [6.45, 7) is 11.0. The molecule has 4 unspecified atom stereocenters. The number of Topliss-reactive ketones (excluding diaryl/α,β-unsaturated/α-hetero) is 1. The number of rotatable bonds is 32. The number of amides is 1. The number of benzene rings is 4. The van der Waals surface area contributed by atoms with Gasteiger partial charge in [0.1, 0.15) is 6.10 Å². The second kappa shape index (κ2) is 30.6. The fraction of sp³-hybridized carbons (Fsp3) is 0.527. The molecule has 0 radical (unpaired) electrons. The maximum atomic E-state index is 12.4. The summed E-state index contributed by atoms with van der Waals surface area (Å²) in [5, 5.41) is 28.6. The highest BCUT2D eigenvalue weighted by molar-refractivity contribution is 6.35. The number of likely N-dealkylation sites (N-methyl/N-ethyl adjacent to an activating group) is 2. The number of ketones is 1. The summed E-state index contributed by atoms with van der Waals surface area (Å²) in [6.07, 6.45) is -1.62. The lowest BCUT2D eigenvalue weighted by molar-refractivity contribution is -0.145. The van der Waals surface area contributed by atoms with E-state index >= 15 is 0 Å². The molecule has 0 aliphatic carbocycles. The van der Waals surface area contributed by atoms with Crippen LogP contribution in [-0.2, 0) is 57.5 Å². The number of carbonyl (C=O) groups excluding carboxylic acids is 2. The molecular formula is C55H73Cl3N4O10. The summed E-state index contributed by atoms with van der Waals surface area (Å²) in [5.74, 6) is -1.05. The number of nitrogens with one attached hydrogen (secondary N) is 2. The van der Waals surface area contributed by atoms with Crippen LogP contribution in [-0.4, -0.2) is 163 Å². The van der Waals surface area contributed by atoms with Gasteiger partial charge in [0, 0.05) is 91.5 Å². The van der Waals surface area contributed by atoms with Crippen LogP contribution in [0, 0.1) is 6.92 Å². The summed E-state index contributed by atoms with van der Waals surface area (Å²) in [7, 11) is 4.25. The first-order chi connectivity index (χ1) is 34.9. The van der Waals surface area contributed by atoms with Crippen molar-refractivity contribution < 1.29 is 48.2 Å². The summed E-state index contributed by atoms with van der Waals surface area (Å²) in [4.78, 5) is 29.3. The number of fused-ring (bicyclic) bond motifs is 2. The van der Waals surface area contributed by atoms with Crippen LogP contribution in [0.4, 0.5) is 5.69 Å². The average molecular weight is 1060 g/mol. The van der Waals surface area contributed by atoms with E-state index in [-0.39, 0.29) is 38.0 Å². The monoisotopic (exact) mass is 1050 g/mol. The molecule has 0 saturated carbocycles. The Kier molecular flexibility index (Phi) is 24.5. The molecule has 394 valence electrons. The lowest BCUT2D eigenvalue weighted by Gasteiger charge is -2.33. The number of ether oxygens (including phenoxy) is 6. The van der Waals surface area contributed by atoms with Gasteiger partial charge in [-0.25, -0.2) is 0 Å². The van der Waals surface area contributed by atoms with Gasteiger partial charge in [-0.2, -0.15) is 0 Å². The van der Waals surface area contributed by atoms with Crippen LogP contribution in [0.2, 0.25) is 15.1 Å². The van der Waals surface area contributed by atoms with Gasteiger partial charge >= 0.3 is 0 Å². The SMILES string of the molecule is Cc1cc(Cl)c2c(c1)C(c1cccc(CCCOCCOCCOCCCC(=O)C(O)C(O)C(=O)NCCOCCOCCOCCNc3cccc(C4CN(C)Cc5c(Cl)cc(Cl)cc54)c3)c1)CN(C)C2. The Bertz CT molecular complexity index is 2170.